The summed E-state index contributed by atoms with van der Waals surface area (Å²) in [4.78, 5) is 8.27. The molecule has 3 aromatic heterocycles. The molecule has 0 amide bonds. The number of benzene rings is 1. The largest absolute Gasteiger partial charge is 0.245 e. The Bertz CT molecular complexity index is 952. The topological polar surface area (TPSA) is 12.9 Å². The first-order valence-corrected chi connectivity index (χ1v) is 8.72. The van der Waals surface area contributed by atoms with E-state index in [1.807, 2.05) is 29.7 Å². The first-order valence-electron chi connectivity index (χ1n) is 6.71. The van der Waals surface area contributed by atoms with Gasteiger partial charge in [0, 0.05) is 37.5 Å². The van der Waals surface area contributed by atoms with E-state index in [1.54, 1.807) is 11.3 Å². The number of rotatable bonds is 2. The smallest absolute Gasteiger partial charge is 0.123 e. The van der Waals surface area contributed by atoms with Gasteiger partial charge in [0.2, 0.25) is 0 Å². The molecule has 3 heterocycles. The summed E-state index contributed by atoms with van der Waals surface area (Å²) in [6.45, 7) is 2.14. The molecule has 0 saturated carbocycles. The fraction of sp³-hybridized carbons (Fsp3) is 0.118. The Morgan fingerprint density at radius 3 is 2.90 bits per heavy atom. The van der Waals surface area contributed by atoms with Gasteiger partial charge < -0.3 is 0 Å². The third-order valence-corrected chi connectivity index (χ3v) is 5.84. The van der Waals surface area contributed by atoms with Gasteiger partial charge in [-0.15, -0.1) is 22.7 Å². The minimum absolute atomic E-state index is 0.802. The van der Waals surface area contributed by atoms with Gasteiger partial charge in [-0.2, -0.15) is 0 Å². The lowest BCUT2D eigenvalue weighted by atomic mass is 10.1. The molecule has 1 aromatic carbocycles. The Hall–Kier alpha value is -1.42. The Kier molecular flexibility index (Phi) is 3.21. The van der Waals surface area contributed by atoms with Crippen molar-refractivity contribution < 1.29 is 0 Å². The number of aromatic nitrogens is 1. The van der Waals surface area contributed by atoms with Crippen LogP contribution in [0.15, 0.2) is 42.6 Å². The third-order valence-electron chi connectivity index (χ3n) is 3.55. The van der Waals surface area contributed by atoms with Crippen LogP contribution < -0.4 is 0 Å². The van der Waals surface area contributed by atoms with Crippen LogP contribution >= 0.6 is 34.3 Å². The van der Waals surface area contributed by atoms with Crippen molar-refractivity contribution >= 4 is 54.6 Å². The molecule has 4 heteroatoms. The molecule has 0 fully saturated rings. The van der Waals surface area contributed by atoms with Crippen LogP contribution in [0.4, 0.5) is 0 Å². The zero-order chi connectivity index (χ0) is 14.4. The molecule has 0 aliphatic heterocycles. The average molecular weight is 330 g/mol. The summed E-state index contributed by atoms with van der Waals surface area (Å²) >= 11 is 9.65. The summed E-state index contributed by atoms with van der Waals surface area (Å²) < 4.78 is 1.25. The van der Waals surface area contributed by atoms with E-state index >= 15 is 0 Å². The first-order chi connectivity index (χ1) is 10.2. The van der Waals surface area contributed by atoms with Gasteiger partial charge in [0.05, 0.1) is 0 Å². The Balaban J connectivity index is 1.78. The molecule has 104 valence electrons. The predicted molar refractivity (Wildman–Crippen MR) is 94.0 cm³/mol. The second kappa shape index (κ2) is 5.09. The van der Waals surface area contributed by atoms with Crippen LogP contribution in [0.1, 0.15) is 15.3 Å². The molecule has 0 N–H and O–H groups in total. The normalized spacial score (nSPS) is 11.5. The number of aryl methyl sites for hydroxylation is 1. The van der Waals surface area contributed by atoms with Crippen LogP contribution in [0, 0.1) is 6.92 Å². The number of nitrogens with zero attached hydrogens (tertiary/aromatic N) is 1. The Labute approximate surface area is 135 Å². The summed E-state index contributed by atoms with van der Waals surface area (Å²) in [6, 6.07) is 12.7. The molecule has 21 heavy (non-hydrogen) atoms. The van der Waals surface area contributed by atoms with Gasteiger partial charge in [0.1, 0.15) is 4.83 Å². The molecular weight excluding hydrogens is 318 g/mol. The van der Waals surface area contributed by atoms with Gasteiger partial charge in [0.25, 0.3) is 0 Å². The van der Waals surface area contributed by atoms with Crippen molar-refractivity contribution in [3.8, 4) is 0 Å². The van der Waals surface area contributed by atoms with Crippen molar-refractivity contribution in [1.29, 1.82) is 0 Å². The van der Waals surface area contributed by atoms with Gasteiger partial charge in [-0.25, -0.2) is 4.98 Å². The van der Waals surface area contributed by atoms with Gasteiger partial charge in [-0.3, -0.25) is 0 Å². The van der Waals surface area contributed by atoms with Crippen LogP contribution in [0.25, 0.3) is 20.3 Å². The second-order valence-corrected chi connectivity index (χ2v) is 7.96. The molecule has 0 bridgehead atoms. The molecule has 0 aliphatic carbocycles. The van der Waals surface area contributed by atoms with Crippen molar-refractivity contribution in [2.24, 2.45) is 0 Å². The molecule has 4 rings (SSSR count). The molecule has 0 atom stereocenters. The van der Waals surface area contributed by atoms with Gasteiger partial charge in [0.15, 0.2) is 0 Å². The summed E-state index contributed by atoms with van der Waals surface area (Å²) in [5, 5.41) is 3.36. The van der Waals surface area contributed by atoms with Crippen molar-refractivity contribution in [3.63, 3.8) is 0 Å². The number of hydrogen-bond donors (Lipinski definition) is 0. The molecule has 0 spiro atoms. The number of thiophene rings is 2. The third kappa shape index (κ3) is 2.46. The zero-order valence-electron chi connectivity index (χ0n) is 11.4. The maximum atomic E-state index is 6.07. The fourth-order valence-corrected chi connectivity index (χ4v) is 4.86. The quantitative estimate of drug-likeness (QED) is 0.435. The van der Waals surface area contributed by atoms with E-state index in [0.717, 1.165) is 16.3 Å². The average Bonchev–Trinajstić information content (AvgIpc) is 3.01. The molecule has 0 unspecified atom stereocenters. The van der Waals surface area contributed by atoms with E-state index in [-0.39, 0.29) is 0 Å². The standard InChI is InChI=1S/C17H12ClNS2/c1-10-6-15-11(4-5-19-17(15)20-10)7-14-8-12-2-3-13(18)9-16(12)21-14/h2-6,8-9H,7H2,1H3. The fourth-order valence-electron chi connectivity index (χ4n) is 2.60. The Morgan fingerprint density at radius 1 is 1.10 bits per heavy atom. The van der Waals surface area contributed by atoms with Gasteiger partial charge in [-0.1, -0.05) is 17.7 Å². The van der Waals surface area contributed by atoms with Crippen LogP contribution in [-0.2, 0) is 6.42 Å². The minimum atomic E-state index is 0.802. The number of fused-ring (bicyclic) bond motifs is 2. The molecule has 4 aromatic rings. The van der Waals surface area contributed by atoms with E-state index in [0.29, 0.717) is 0 Å². The number of pyridine rings is 1. The number of halogens is 1. The van der Waals surface area contributed by atoms with Crippen molar-refractivity contribution in [2.45, 2.75) is 13.3 Å². The summed E-state index contributed by atoms with van der Waals surface area (Å²) in [5.74, 6) is 0. The maximum Gasteiger partial charge on any atom is 0.123 e. The monoisotopic (exact) mass is 329 g/mol. The van der Waals surface area contributed by atoms with E-state index in [2.05, 4.69) is 36.2 Å². The van der Waals surface area contributed by atoms with Crippen molar-refractivity contribution in [3.05, 3.63) is 62.9 Å². The Morgan fingerprint density at radius 2 is 2.00 bits per heavy atom. The van der Waals surface area contributed by atoms with Gasteiger partial charge in [-0.05, 0) is 48.2 Å². The van der Waals surface area contributed by atoms with Crippen molar-refractivity contribution in [1.82, 2.24) is 4.98 Å². The minimum Gasteiger partial charge on any atom is -0.245 e. The van der Waals surface area contributed by atoms with E-state index in [9.17, 15) is 0 Å². The molecule has 0 saturated heterocycles. The molecule has 0 radical (unpaired) electrons. The van der Waals surface area contributed by atoms with Crippen molar-refractivity contribution in [2.75, 3.05) is 0 Å². The van der Waals surface area contributed by atoms with Crippen LogP contribution in [0.2, 0.25) is 5.02 Å². The lowest BCUT2D eigenvalue weighted by Gasteiger charge is -2.00. The highest BCUT2D eigenvalue weighted by atomic mass is 35.5. The van der Waals surface area contributed by atoms with E-state index in [1.165, 1.54) is 30.8 Å². The summed E-state index contributed by atoms with van der Waals surface area (Å²) in [6.07, 6.45) is 2.87. The van der Waals surface area contributed by atoms with Crippen LogP contribution in [-0.4, -0.2) is 4.98 Å². The molecular formula is C17H12ClNS2. The first kappa shape index (κ1) is 13.3. The van der Waals surface area contributed by atoms with Gasteiger partial charge >= 0.3 is 0 Å². The highest BCUT2D eigenvalue weighted by Crippen LogP contribution is 2.32. The number of hydrogen-bond acceptors (Lipinski definition) is 3. The lowest BCUT2D eigenvalue weighted by molar-refractivity contribution is 1.25. The summed E-state index contributed by atoms with van der Waals surface area (Å²) in [7, 11) is 0. The molecule has 1 nitrogen and oxygen atoms in total. The SMILES string of the molecule is Cc1cc2c(Cc3cc4ccc(Cl)cc4s3)ccnc2s1. The van der Waals surface area contributed by atoms with Crippen LogP contribution in [0.5, 0.6) is 0 Å². The predicted octanol–water partition coefficient (Wildman–Crippen LogP) is 6.06. The van der Waals surface area contributed by atoms with E-state index < -0.39 is 0 Å². The van der Waals surface area contributed by atoms with Crippen LogP contribution in [0.3, 0.4) is 0 Å². The maximum absolute atomic E-state index is 6.07. The highest BCUT2D eigenvalue weighted by Gasteiger charge is 2.08. The van der Waals surface area contributed by atoms with E-state index in [4.69, 9.17) is 11.6 Å². The summed E-state index contributed by atoms with van der Waals surface area (Å²) in [5.41, 5.74) is 1.35. The highest BCUT2D eigenvalue weighted by molar-refractivity contribution is 7.19. The second-order valence-electron chi connectivity index (χ2n) is 5.12. The lowest BCUT2D eigenvalue weighted by Crippen LogP contribution is -1.86. The zero-order valence-corrected chi connectivity index (χ0v) is 13.8. The molecule has 0 aliphatic rings.